The fourth-order valence-corrected chi connectivity index (χ4v) is 10.5. The van der Waals surface area contributed by atoms with Crippen LogP contribution in [0.15, 0.2) is 0 Å². The summed E-state index contributed by atoms with van der Waals surface area (Å²) in [7, 11) is 9.69. The molecule has 1 aliphatic heterocycles. The Bertz CT molecular complexity index is 2290. The lowest BCUT2D eigenvalue weighted by molar-refractivity contribution is -0.157. The Morgan fingerprint density at radius 1 is 0.452 bits per heavy atom. The van der Waals surface area contributed by atoms with Crippen molar-refractivity contribution in [3.63, 3.8) is 0 Å². The van der Waals surface area contributed by atoms with Gasteiger partial charge in [-0.05, 0) is 87.4 Å². The highest BCUT2D eigenvalue weighted by Gasteiger charge is 2.46. The van der Waals surface area contributed by atoms with Crippen LogP contribution in [0, 0.1) is 41.4 Å². The smallest absolute Gasteiger partial charge is 0.246 e. The van der Waals surface area contributed by atoms with Crippen molar-refractivity contribution in [2.45, 2.75) is 216 Å². The number of rotatable bonds is 15. The number of aliphatic hydroxyl groups excluding tert-OH is 1. The fourth-order valence-electron chi connectivity index (χ4n) is 10.5. The average molecular weight is 1190 g/mol. The number of hydrogen-bond donors (Lipinski definition) is 5. The molecule has 5 N–H and O–H groups in total. The van der Waals surface area contributed by atoms with Gasteiger partial charge in [0.2, 0.25) is 65.0 Å². The van der Waals surface area contributed by atoms with Crippen molar-refractivity contribution in [1.29, 1.82) is 0 Å². The molecule has 12 atom stereocenters. The van der Waals surface area contributed by atoms with Crippen LogP contribution in [0.1, 0.15) is 149 Å². The lowest BCUT2D eigenvalue weighted by atomic mass is 9.92. The predicted molar refractivity (Wildman–Crippen MR) is 320 cm³/mol. The molecule has 1 rings (SSSR count). The third-order valence-electron chi connectivity index (χ3n) is 15.8. The standard InChI is InChI=1S/C60H107N11O13/c1-24-41-56(80)65(17)31-46(73)66(18)42(27-32(2)3)53(77)64-47(36(10)11)59(83)67(19)43(28-33(4)5)52(76)61-39(15)51(75)62-40(16)55(79)68(20)44(29-34(6)7)57(81)69(21)45(30-35(8)9)58(82)70(22)48(37(12)13)60(84)71(23)49(54(78)63-41)50(74)38(14)25-26-72/h26,32-45,47-50,74H,24-25,27-31H2,1-23H3,(H,61,76)(H,62,75)(H,63,78)(H,64,77). The summed E-state index contributed by atoms with van der Waals surface area (Å²) in [6, 6.07) is -12.7. The normalized spacial score (nSPS) is 26.9. The van der Waals surface area contributed by atoms with Gasteiger partial charge in [0, 0.05) is 55.8 Å². The minimum atomic E-state index is -1.74. The number of nitrogens with zero attached hydrogens (tertiary/aromatic N) is 7. The van der Waals surface area contributed by atoms with Gasteiger partial charge in [0.1, 0.15) is 66.7 Å². The van der Waals surface area contributed by atoms with Crippen LogP contribution in [0.3, 0.4) is 0 Å². The molecule has 480 valence electrons. The van der Waals surface area contributed by atoms with E-state index in [1.807, 2.05) is 55.4 Å². The van der Waals surface area contributed by atoms with Gasteiger partial charge in [0.25, 0.3) is 0 Å². The van der Waals surface area contributed by atoms with E-state index < -0.39 is 156 Å². The number of carbonyl (C=O) groups is 12. The third-order valence-corrected chi connectivity index (χ3v) is 15.8. The molecule has 0 aliphatic carbocycles. The lowest BCUT2D eigenvalue weighted by Crippen LogP contribution is -2.63. The molecule has 0 aromatic heterocycles. The van der Waals surface area contributed by atoms with Gasteiger partial charge < -0.3 is 65.5 Å². The summed E-state index contributed by atoms with van der Waals surface area (Å²) in [6.07, 6.45) is -0.815. The Balaban J connectivity index is 4.30. The van der Waals surface area contributed by atoms with E-state index in [2.05, 4.69) is 21.3 Å². The van der Waals surface area contributed by atoms with E-state index >= 15 is 9.59 Å². The average Bonchev–Trinajstić information content (AvgIpc) is 2.71. The van der Waals surface area contributed by atoms with Crippen LogP contribution in [0.5, 0.6) is 0 Å². The van der Waals surface area contributed by atoms with E-state index in [0.29, 0.717) is 6.29 Å². The maximum absolute atomic E-state index is 15.0. The van der Waals surface area contributed by atoms with Crippen LogP contribution < -0.4 is 21.3 Å². The molecule has 24 heteroatoms. The van der Waals surface area contributed by atoms with Crippen molar-refractivity contribution < 1.29 is 62.6 Å². The first-order valence-electron chi connectivity index (χ1n) is 29.9. The number of amides is 11. The highest BCUT2D eigenvalue weighted by atomic mass is 16.3. The van der Waals surface area contributed by atoms with Crippen molar-refractivity contribution in [2.24, 2.45) is 41.4 Å². The number of nitrogens with one attached hydrogen (secondary N) is 4. The second-order valence-corrected chi connectivity index (χ2v) is 25.7. The summed E-state index contributed by atoms with van der Waals surface area (Å²) in [4.78, 5) is 179. The number of likely N-dealkylation sites (N-methyl/N-ethyl adjacent to an activating group) is 7. The van der Waals surface area contributed by atoms with Crippen molar-refractivity contribution in [2.75, 3.05) is 55.9 Å². The van der Waals surface area contributed by atoms with E-state index in [1.54, 1.807) is 34.6 Å². The number of aldehydes is 1. The van der Waals surface area contributed by atoms with Crippen LogP contribution in [0.2, 0.25) is 0 Å². The lowest BCUT2D eigenvalue weighted by Gasteiger charge is -2.41. The first-order valence-corrected chi connectivity index (χ1v) is 29.9. The summed E-state index contributed by atoms with van der Waals surface area (Å²) < 4.78 is 0. The maximum atomic E-state index is 15.0. The molecular formula is C60H107N11O13. The first kappa shape index (κ1) is 75.8. The summed E-state index contributed by atoms with van der Waals surface area (Å²) in [6.45, 7) is 27.0. The number of hydrogen-bond acceptors (Lipinski definition) is 13. The molecule has 84 heavy (non-hydrogen) atoms. The predicted octanol–water partition coefficient (Wildman–Crippen LogP) is 1.89. The second kappa shape index (κ2) is 34.1. The molecule has 24 nitrogen and oxygen atoms in total. The van der Waals surface area contributed by atoms with Crippen LogP contribution in [0.4, 0.5) is 0 Å². The molecule has 11 amide bonds. The van der Waals surface area contributed by atoms with Crippen LogP contribution in [-0.2, 0) is 57.5 Å². The second-order valence-electron chi connectivity index (χ2n) is 25.7. The molecule has 0 bridgehead atoms. The van der Waals surface area contributed by atoms with Gasteiger partial charge >= 0.3 is 0 Å². The summed E-state index contributed by atoms with van der Waals surface area (Å²) >= 11 is 0. The molecule has 1 saturated heterocycles. The third kappa shape index (κ3) is 20.8. The summed E-state index contributed by atoms with van der Waals surface area (Å²) in [5.41, 5.74) is 0. The van der Waals surface area contributed by atoms with Gasteiger partial charge in [0.15, 0.2) is 0 Å². The minimum Gasteiger partial charge on any atom is -0.390 e. The zero-order valence-electron chi connectivity index (χ0n) is 54.9. The molecule has 12 unspecified atom stereocenters. The van der Waals surface area contributed by atoms with Crippen LogP contribution in [0.25, 0.3) is 0 Å². The summed E-state index contributed by atoms with van der Waals surface area (Å²) in [5.74, 6) is -10.5. The Kier molecular flexibility index (Phi) is 30.8. The van der Waals surface area contributed by atoms with Crippen molar-refractivity contribution in [3.8, 4) is 0 Å². The molecule has 0 radical (unpaired) electrons. The van der Waals surface area contributed by atoms with E-state index in [0.717, 1.165) is 9.80 Å². The molecule has 1 heterocycles. The fraction of sp³-hybridized carbons (Fsp3) is 0.800. The van der Waals surface area contributed by atoms with Gasteiger partial charge in [-0.15, -0.1) is 0 Å². The van der Waals surface area contributed by atoms with Gasteiger partial charge in [-0.2, -0.15) is 0 Å². The van der Waals surface area contributed by atoms with Crippen LogP contribution >= 0.6 is 0 Å². The van der Waals surface area contributed by atoms with E-state index in [4.69, 9.17) is 0 Å². The highest BCUT2D eigenvalue weighted by molar-refractivity contribution is 5.99. The molecule has 1 aliphatic rings. The van der Waals surface area contributed by atoms with E-state index in [-0.39, 0.29) is 62.2 Å². The SMILES string of the molecule is CCC1NC(=O)C(C(O)C(C)CC=O)N(C)C(=O)C(C(C)C)N(C)C(=O)C(CC(C)C)N(C)C(=O)C(CC(C)C)N(C)C(=O)C(C)NC(=O)C(C)NC(=O)C(CC(C)C)N(C)C(=O)C(C(C)C)NC(=O)C(CC(C)C)N(C)C(=O)CN(C)C1=O. The Morgan fingerprint density at radius 3 is 1.30 bits per heavy atom. The van der Waals surface area contributed by atoms with Gasteiger partial charge in [-0.1, -0.05) is 96.9 Å². The minimum absolute atomic E-state index is 0.0230. The van der Waals surface area contributed by atoms with Gasteiger partial charge in [-0.3, -0.25) is 52.7 Å². The van der Waals surface area contributed by atoms with E-state index in [1.165, 1.54) is 94.6 Å². The molecular weight excluding hydrogens is 1080 g/mol. The molecule has 0 aromatic rings. The van der Waals surface area contributed by atoms with Gasteiger partial charge in [0.05, 0.1) is 12.6 Å². The van der Waals surface area contributed by atoms with E-state index in [9.17, 15) is 53.1 Å². The number of aliphatic hydroxyl groups is 1. The Morgan fingerprint density at radius 2 is 0.857 bits per heavy atom. The topological polar surface area (TPSA) is 296 Å². The summed E-state index contributed by atoms with van der Waals surface area (Å²) in [5, 5.41) is 22.7. The van der Waals surface area contributed by atoms with Crippen LogP contribution in [-0.4, -0.2) is 233 Å². The largest absolute Gasteiger partial charge is 0.390 e. The molecule has 0 spiro atoms. The zero-order chi connectivity index (χ0) is 65.3. The van der Waals surface area contributed by atoms with Gasteiger partial charge in [-0.25, -0.2) is 0 Å². The van der Waals surface area contributed by atoms with Crippen molar-refractivity contribution in [1.82, 2.24) is 55.6 Å². The Labute approximate surface area is 501 Å². The molecule has 1 fully saturated rings. The molecule has 0 aromatic carbocycles. The number of carbonyl (C=O) groups excluding carboxylic acids is 12. The zero-order valence-corrected chi connectivity index (χ0v) is 54.9. The monoisotopic (exact) mass is 1190 g/mol. The maximum Gasteiger partial charge on any atom is 0.246 e. The Hall–Kier alpha value is -6.20. The highest BCUT2D eigenvalue weighted by Crippen LogP contribution is 2.25. The quantitative estimate of drug-likeness (QED) is 0.147. The first-order chi connectivity index (χ1) is 38.7. The molecule has 0 saturated carbocycles. The van der Waals surface area contributed by atoms with Crippen molar-refractivity contribution >= 4 is 71.3 Å². The van der Waals surface area contributed by atoms with Crippen molar-refractivity contribution in [3.05, 3.63) is 0 Å².